The predicted octanol–water partition coefficient (Wildman–Crippen LogP) is -0.626. The van der Waals surface area contributed by atoms with E-state index >= 15 is 0 Å². The minimum absolute atomic E-state index is 0.0475. The molecule has 8 nitrogen and oxygen atoms in total. The van der Waals surface area contributed by atoms with Crippen LogP contribution in [0.4, 0.5) is 0 Å². The SMILES string of the molecule is CC(C)(N)[C@H](NC(=O)c1ccc(C#CC#C[C@H]2CC2(CO)CO)cc1)C(=O)NO. The normalized spacial score (nSPS) is 17.7. The lowest BCUT2D eigenvalue weighted by Crippen LogP contribution is -2.61. The van der Waals surface area contributed by atoms with Crippen molar-refractivity contribution in [3.05, 3.63) is 35.4 Å². The van der Waals surface area contributed by atoms with E-state index in [0.717, 1.165) is 0 Å². The van der Waals surface area contributed by atoms with Gasteiger partial charge in [0.2, 0.25) is 0 Å². The Hall–Kier alpha value is -2.88. The van der Waals surface area contributed by atoms with Crippen molar-refractivity contribution in [2.75, 3.05) is 13.2 Å². The Morgan fingerprint density at radius 2 is 1.86 bits per heavy atom. The fourth-order valence-electron chi connectivity index (χ4n) is 2.75. The van der Waals surface area contributed by atoms with Crippen LogP contribution in [-0.4, -0.2) is 52.0 Å². The van der Waals surface area contributed by atoms with Crippen molar-refractivity contribution < 1.29 is 25.0 Å². The molecule has 1 aliphatic carbocycles. The number of hydrogen-bond donors (Lipinski definition) is 6. The number of aliphatic hydroxyl groups excluding tert-OH is 2. The monoisotopic (exact) mass is 399 g/mol. The second-order valence-electron chi connectivity index (χ2n) is 7.74. The van der Waals surface area contributed by atoms with Gasteiger partial charge >= 0.3 is 0 Å². The topological polar surface area (TPSA) is 145 Å². The summed E-state index contributed by atoms with van der Waals surface area (Å²) in [4.78, 5) is 24.1. The number of carbonyl (C=O) groups is 2. The molecule has 0 saturated heterocycles. The van der Waals surface area contributed by atoms with E-state index in [4.69, 9.17) is 10.9 Å². The standard InChI is InChI=1S/C21H25N3O5/c1-20(2,22)17(19(28)24-29)23-18(27)15-9-7-14(8-10-15)5-3-4-6-16-11-21(16,12-25)13-26/h7-10,16-17,25-26,29H,11-13,22H2,1-2H3,(H,23,27)(H,24,28)/t16-,17+/m0/s1. The predicted molar refractivity (Wildman–Crippen MR) is 105 cm³/mol. The molecular weight excluding hydrogens is 374 g/mol. The van der Waals surface area contributed by atoms with Crippen LogP contribution < -0.4 is 16.5 Å². The average molecular weight is 399 g/mol. The number of amides is 2. The van der Waals surface area contributed by atoms with Crippen molar-refractivity contribution in [1.82, 2.24) is 10.8 Å². The van der Waals surface area contributed by atoms with E-state index in [9.17, 15) is 19.8 Å². The molecular formula is C21H25N3O5. The van der Waals surface area contributed by atoms with Gasteiger partial charge in [-0.1, -0.05) is 11.8 Å². The van der Waals surface area contributed by atoms with Gasteiger partial charge in [0, 0.05) is 28.0 Å². The number of aliphatic hydroxyl groups is 2. The largest absolute Gasteiger partial charge is 0.396 e. The molecule has 154 valence electrons. The summed E-state index contributed by atoms with van der Waals surface area (Å²) in [5.74, 6) is 9.83. The van der Waals surface area contributed by atoms with E-state index in [-0.39, 0.29) is 19.1 Å². The Kier molecular flexibility index (Phi) is 7.02. The molecule has 2 atom stereocenters. The van der Waals surface area contributed by atoms with Crippen molar-refractivity contribution in [2.45, 2.75) is 31.8 Å². The molecule has 0 radical (unpaired) electrons. The van der Waals surface area contributed by atoms with E-state index in [0.29, 0.717) is 17.5 Å². The van der Waals surface area contributed by atoms with Crippen molar-refractivity contribution in [3.63, 3.8) is 0 Å². The highest BCUT2D eigenvalue weighted by Crippen LogP contribution is 2.51. The zero-order valence-corrected chi connectivity index (χ0v) is 16.3. The van der Waals surface area contributed by atoms with Crippen LogP contribution in [0.1, 0.15) is 36.2 Å². The molecule has 1 aliphatic rings. The summed E-state index contributed by atoms with van der Waals surface area (Å²) in [5, 5.41) is 29.8. The highest BCUT2D eigenvalue weighted by atomic mass is 16.5. The molecule has 7 N–H and O–H groups in total. The van der Waals surface area contributed by atoms with Crippen LogP contribution in [0.15, 0.2) is 24.3 Å². The zero-order chi connectivity index (χ0) is 21.7. The number of nitrogens with one attached hydrogen (secondary N) is 2. The second kappa shape index (κ2) is 9.08. The zero-order valence-electron chi connectivity index (χ0n) is 16.3. The second-order valence-corrected chi connectivity index (χ2v) is 7.74. The van der Waals surface area contributed by atoms with Gasteiger partial charge in [-0.15, -0.1) is 0 Å². The van der Waals surface area contributed by atoms with E-state index < -0.39 is 28.8 Å². The van der Waals surface area contributed by atoms with Crippen LogP contribution >= 0.6 is 0 Å². The summed E-state index contributed by atoms with van der Waals surface area (Å²) in [6.45, 7) is 2.92. The average Bonchev–Trinajstić information content (AvgIpc) is 3.42. The maximum Gasteiger partial charge on any atom is 0.267 e. The van der Waals surface area contributed by atoms with Crippen LogP contribution in [0.5, 0.6) is 0 Å². The molecule has 8 heteroatoms. The maximum atomic E-state index is 12.4. The minimum Gasteiger partial charge on any atom is -0.396 e. The quantitative estimate of drug-likeness (QED) is 0.214. The van der Waals surface area contributed by atoms with Gasteiger partial charge in [-0.3, -0.25) is 14.8 Å². The molecule has 1 saturated carbocycles. The van der Waals surface area contributed by atoms with E-state index in [1.165, 1.54) is 5.48 Å². The first kappa shape index (κ1) is 22.4. The van der Waals surface area contributed by atoms with Crippen molar-refractivity contribution >= 4 is 11.8 Å². The van der Waals surface area contributed by atoms with Gasteiger partial charge < -0.3 is 21.3 Å². The summed E-state index contributed by atoms with van der Waals surface area (Å²) >= 11 is 0. The van der Waals surface area contributed by atoms with Crippen LogP contribution in [0.2, 0.25) is 0 Å². The lowest BCUT2D eigenvalue weighted by Gasteiger charge is -2.29. The molecule has 0 aliphatic heterocycles. The third-order valence-corrected chi connectivity index (χ3v) is 4.87. The number of rotatable bonds is 6. The molecule has 0 unspecified atom stereocenters. The fraction of sp³-hybridized carbons (Fsp3) is 0.429. The first-order valence-corrected chi connectivity index (χ1v) is 9.04. The first-order chi connectivity index (χ1) is 13.7. The van der Waals surface area contributed by atoms with E-state index in [2.05, 4.69) is 29.0 Å². The molecule has 0 bridgehead atoms. The number of hydroxylamine groups is 1. The highest BCUT2D eigenvalue weighted by Gasteiger charge is 2.52. The lowest BCUT2D eigenvalue weighted by atomic mass is 9.95. The van der Waals surface area contributed by atoms with Crippen molar-refractivity contribution in [2.24, 2.45) is 17.1 Å². The number of carbonyl (C=O) groups excluding carboxylic acids is 2. The van der Waals surface area contributed by atoms with Gasteiger partial charge in [-0.05, 0) is 56.4 Å². The minimum atomic E-state index is -1.12. The Labute approximate surface area is 169 Å². The highest BCUT2D eigenvalue weighted by molar-refractivity contribution is 5.97. The van der Waals surface area contributed by atoms with E-state index in [1.807, 2.05) is 0 Å². The fourth-order valence-corrected chi connectivity index (χ4v) is 2.75. The van der Waals surface area contributed by atoms with Crippen molar-refractivity contribution in [3.8, 4) is 23.7 Å². The van der Waals surface area contributed by atoms with Gasteiger partial charge in [0.25, 0.3) is 11.8 Å². The van der Waals surface area contributed by atoms with Gasteiger partial charge in [0.15, 0.2) is 0 Å². The molecule has 29 heavy (non-hydrogen) atoms. The third-order valence-electron chi connectivity index (χ3n) is 4.87. The van der Waals surface area contributed by atoms with Gasteiger partial charge in [-0.25, -0.2) is 5.48 Å². The van der Waals surface area contributed by atoms with Gasteiger partial charge in [-0.2, -0.15) is 0 Å². The van der Waals surface area contributed by atoms with Gasteiger partial charge in [0.1, 0.15) is 6.04 Å². The molecule has 2 amide bonds. The van der Waals surface area contributed by atoms with Crippen molar-refractivity contribution in [1.29, 1.82) is 0 Å². The Morgan fingerprint density at radius 1 is 1.24 bits per heavy atom. The van der Waals surface area contributed by atoms with Gasteiger partial charge in [0.05, 0.1) is 13.2 Å². The van der Waals surface area contributed by atoms with Crippen LogP contribution in [0.25, 0.3) is 0 Å². The molecule has 1 aromatic rings. The molecule has 0 spiro atoms. The number of benzene rings is 1. The smallest absolute Gasteiger partial charge is 0.267 e. The molecule has 1 fully saturated rings. The van der Waals surface area contributed by atoms with Crippen LogP contribution in [0.3, 0.4) is 0 Å². The Bertz CT molecular complexity index is 877. The summed E-state index contributed by atoms with van der Waals surface area (Å²) < 4.78 is 0. The number of hydrogen-bond acceptors (Lipinski definition) is 6. The molecule has 0 aromatic heterocycles. The third kappa shape index (κ3) is 5.57. The summed E-state index contributed by atoms with van der Waals surface area (Å²) in [6, 6.07) is 5.26. The molecule has 0 heterocycles. The number of nitrogens with two attached hydrogens (primary N) is 1. The van der Waals surface area contributed by atoms with Crippen LogP contribution in [0, 0.1) is 35.0 Å². The first-order valence-electron chi connectivity index (χ1n) is 9.04. The molecule has 2 rings (SSSR count). The Balaban J connectivity index is 2.01. The van der Waals surface area contributed by atoms with Crippen LogP contribution in [-0.2, 0) is 4.79 Å². The summed E-state index contributed by atoms with van der Waals surface area (Å²) in [6.07, 6.45) is 0.660. The molecule has 1 aromatic carbocycles. The summed E-state index contributed by atoms with van der Waals surface area (Å²) in [5.41, 5.74) is 6.75. The Morgan fingerprint density at radius 3 is 2.34 bits per heavy atom. The lowest BCUT2D eigenvalue weighted by molar-refractivity contribution is -0.132. The summed E-state index contributed by atoms with van der Waals surface area (Å²) in [7, 11) is 0. The van der Waals surface area contributed by atoms with E-state index in [1.54, 1.807) is 38.1 Å². The maximum absolute atomic E-state index is 12.4.